The summed E-state index contributed by atoms with van der Waals surface area (Å²) < 4.78 is 4.95. The molecule has 10 heavy (non-hydrogen) atoms. The van der Waals surface area contributed by atoms with E-state index in [1.807, 2.05) is 31.2 Å². The van der Waals surface area contributed by atoms with Gasteiger partial charge in [-0.15, -0.1) is 0 Å². The molecule has 0 saturated carbocycles. The van der Waals surface area contributed by atoms with Crippen molar-refractivity contribution in [1.29, 1.82) is 0 Å². The Kier molecular flexibility index (Phi) is 6.02. The summed E-state index contributed by atoms with van der Waals surface area (Å²) in [5, 5.41) is 4.05. The van der Waals surface area contributed by atoms with E-state index in [-0.39, 0.29) is 6.07 Å². The lowest BCUT2D eigenvalue weighted by Gasteiger charge is -2.23. The van der Waals surface area contributed by atoms with Crippen LogP contribution in [0.1, 0.15) is 0 Å². The molecule has 4 heteroatoms. The quantitative estimate of drug-likeness (QED) is 0.338. The van der Waals surface area contributed by atoms with Crippen molar-refractivity contribution in [3.8, 4) is 0 Å². The number of nitrogens with zero attached hydrogens (tertiary/aromatic N) is 2. The third kappa shape index (κ3) is 4.99. The molecule has 0 aliphatic rings. The predicted molar refractivity (Wildman–Crippen MR) is 43.0 cm³/mol. The van der Waals surface area contributed by atoms with Gasteiger partial charge in [0.15, 0.2) is 0 Å². The standard InChI is InChI=1S/C6H15ClN2O/c1-8(2)9(3)4-5-10-6-7/h4-6H2,1-3H3. The van der Waals surface area contributed by atoms with Crippen LogP contribution in [0.2, 0.25) is 0 Å². The van der Waals surface area contributed by atoms with Gasteiger partial charge in [0.25, 0.3) is 0 Å². The third-order valence-electron chi connectivity index (χ3n) is 1.32. The lowest BCUT2D eigenvalue weighted by Crippen LogP contribution is -2.35. The van der Waals surface area contributed by atoms with Crippen molar-refractivity contribution < 1.29 is 4.74 Å². The lowest BCUT2D eigenvalue weighted by atomic mass is 10.7. The van der Waals surface area contributed by atoms with E-state index in [0.29, 0.717) is 6.61 Å². The summed E-state index contributed by atoms with van der Waals surface area (Å²) in [5.41, 5.74) is 0. The van der Waals surface area contributed by atoms with Gasteiger partial charge >= 0.3 is 0 Å². The summed E-state index contributed by atoms with van der Waals surface area (Å²) in [6.07, 6.45) is 0. The van der Waals surface area contributed by atoms with E-state index >= 15 is 0 Å². The fraction of sp³-hybridized carbons (Fsp3) is 1.00. The van der Waals surface area contributed by atoms with Crippen molar-refractivity contribution in [1.82, 2.24) is 10.0 Å². The van der Waals surface area contributed by atoms with Gasteiger partial charge in [-0.1, -0.05) is 11.6 Å². The summed E-state index contributed by atoms with van der Waals surface area (Å²) in [5.74, 6) is 0. The van der Waals surface area contributed by atoms with E-state index in [2.05, 4.69) is 0 Å². The zero-order valence-corrected chi connectivity index (χ0v) is 7.56. The largest absolute Gasteiger partial charge is 0.364 e. The number of hydrogen-bond acceptors (Lipinski definition) is 3. The number of alkyl halides is 1. The minimum atomic E-state index is 0.279. The number of ether oxygens (including phenoxy) is 1. The van der Waals surface area contributed by atoms with Gasteiger partial charge in [-0.3, -0.25) is 0 Å². The molecule has 0 heterocycles. The predicted octanol–water partition coefficient (Wildman–Crippen LogP) is 0.608. The van der Waals surface area contributed by atoms with Gasteiger partial charge in [-0.2, -0.15) is 0 Å². The Morgan fingerprint density at radius 2 is 1.90 bits per heavy atom. The molecular weight excluding hydrogens is 152 g/mol. The normalized spacial score (nSPS) is 11.4. The Morgan fingerprint density at radius 1 is 1.30 bits per heavy atom. The monoisotopic (exact) mass is 166 g/mol. The van der Waals surface area contributed by atoms with Crippen LogP contribution in [0.25, 0.3) is 0 Å². The van der Waals surface area contributed by atoms with Crippen molar-refractivity contribution in [2.45, 2.75) is 0 Å². The fourth-order valence-electron chi connectivity index (χ4n) is 0.451. The van der Waals surface area contributed by atoms with Crippen molar-refractivity contribution >= 4 is 11.6 Å². The van der Waals surface area contributed by atoms with Crippen LogP contribution in [0.4, 0.5) is 0 Å². The highest BCUT2D eigenvalue weighted by Crippen LogP contribution is 1.86. The molecule has 3 nitrogen and oxygen atoms in total. The van der Waals surface area contributed by atoms with Crippen LogP contribution in [-0.2, 0) is 4.74 Å². The molecule has 0 aromatic carbocycles. The van der Waals surface area contributed by atoms with Crippen molar-refractivity contribution in [3.05, 3.63) is 0 Å². The maximum absolute atomic E-state index is 5.31. The van der Waals surface area contributed by atoms with Crippen LogP contribution >= 0.6 is 11.6 Å². The summed E-state index contributed by atoms with van der Waals surface area (Å²) in [7, 11) is 5.97. The van der Waals surface area contributed by atoms with Crippen LogP contribution in [-0.4, -0.2) is 50.4 Å². The molecule has 0 amide bonds. The minimum Gasteiger partial charge on any atom is -0.364 e. The Bertz CT molecular complexity index is 80.1. The molecule has 0 fully saturated rings. The van der Waals surface area contributed by atoms with Gasteiger partial charge in [0.2, 0.25) is 0 Å². The molecule has 0 saturated heterocycles. The molecule has 0 aliphatic carbocycles. The highest BCUT2D eigenvalue weighted by atomic mass is 35.5. The molecule has 0 aromatic heterocycles. The number of likely N-dealkylation sites (N-methyl/N-ethyl adjacent to an activating group) is 1. The first kappa shape index (κ1) is 10.2. The zero-order chi connectivity index (χ0) is 7.98. The van der Waals surface area contributed by atoms with E-state index in [4.69, 9.17) is 16.3 Å². The maximum atomic E-state index is 5.31. The molecule has 0 radical (unpaired) electrons. The Balaban J connectivity index is 3.13. The second-order valence-corrected chi connectivity index (χ2v) is 2.46. The molecule has 0 unspecified atom stereocenters. The molecule has 0 bridgehead atoms. The van der Waals surface area contributed by atoms with Crippen LogP contribution in [0.5, 0.6) is 0 Å². The second kappa shape index (κ2) is 5.92. The minimum absolute atomic E-state index is 0.279. The van der Waals surface area contributed by atoms with Crippen molar-refractivity contribution in [3.63, 3.8) is 0 Å². The summed E-state index contributed by atoms with van der Waals surface area (Å²) in [6.45, 7) is 1.55. The third-order valence-corrected chi connectivity index (χ3v) is 1.47. The number of halogens is 1. The first-order valence-corrected chi connectivity index (χ1v) is 3.74. The molecule has 0 spiro atoms. The first-order chi connectivity index (χ1) is 4.68. The van der Waals surface area contributed by atoms with Gasteiger partial charge < -0.3 is 4.74 Å². The number of rotatable bonds is 5. The van der Waals surface area contributed by atoms with Gasteiger partial charge in [0, 0.05) is 27.7 Å². The molecule has 0 atom stereocenters. The maximum Gasteiger partial charge on any atom is 0.120 e. The topological polar surface area (TPSA) is 15.7 Å². The van der Waals surface area contributed by atoms with Gasteiger partial charge in [0.1, 0.15) is 6.07 Å². The summed E-state index contributed by atoms with van der Waals surface area (Å²) >= 11 is 5.31. The number of hydrazine groups is 1. The molecule has 0 rings (SSSR count). The van der Waals surface area contributed by atoms with Crippen LogP contribution in [0.3, 0.4) is 0 Å². The Hall–Kier alpha value is 0.170. The van der Waals surface area contributed by atoms with Crippen molar-refractivity contribution in [2.75, 3.05) is 40.4 Å². The Labute approximate surface area is 67.5 Å². The molecule has 62 valence electrons. The zero-order valence-electron chi connectivity index (χ0n) is 6.80. The SMILES string of the molecule is CN(C)N(C)CCOCCl. The van der Waals surface area contributed by atoms with E-state index < -0.39 is 0 Å². The molecule has 0 aromatic rings. The second-order valence-electron chi connectivity index (χ2n) is 2.25. The van der Waals surface area contributed by atoms with E-state index in [1.165, 1.54) is 0 Å². The average molecular weight is 167 g/mol. The average Bonchev–Trinajstić information content (AvgIpc) is 1.88. The number of hydrogen-bond donors (Lipinski definition) is 0. The van der Waals surface area contributed by atoms with Crippen LogP contribution < -0.4 is 0 Å². The lowest BCUT2D eigenvalue weighted by molar-refractivity contribution is 0.0262. The molecular formula is C6H15ClN2O. The van der Waals surface area contributed by atoms with E-state index in [0.717, 1.165) is 6.54 Å². The smallest absolute Gasteiger partial charge is 0.120 e. The Morgan fingerprint density at radius 3 is 2.30 bits per heavy atom. The highest BCUT2D eigenvalue weighted by Gasteiger charge is 1.97. The molecule has 0 aliphatic heterocycles. The summed E-state index contributed by atoms with van der Waals surface area (Å²) in [4.78, 5) is 0. The molecule has 0 N–H and O–H groups in total. The highest BCUT2D eigenvalue weighted by molar-refractivity contribution is 6.17. The van der Waals surface area contributed by atoms with Crippen LogP contribution in [0, 0.1) is 0 Å². The fourth-order valence-corrected chi connectivity index (χ4v) is 0.560. The van der Waals surface area contributed by atoms with Crippen LogP contribution in [0.15, 0.2) is 0 Å². The van der Waals surface area contributed by atoms with E-state index in [1.54, 1.807) is 0 Å². The van der Waals surface area contributed by atoms with Gasteiger partial charge in [0.05, 0.1) is 6.61 Å². The first-order valence-electron chi connectivity index (χ1n) is 3.20. The summed E-state index contributed by atoms with van der Waals surface area (Å²) in [6, 6.07) is 0.279. The van der Waals surface area contributed by atoms with Gasteiger partial charge in [-0.05, 0) is 0 Å². The van der Waals surface area contributed by atoms with E-state index in [9.17, 15) is 0 Å². The van der Waals surface area contributed by atoms with Gasteiger partial charge in [-0.25, -0.2) is 10.0 Å². The van der Waals surface area contributed by atoms with Crippen molar-refractivity contribution in [2.24, 2.45) is 0 Å².